The highest BCUT2D eigenvalue weighted by molar-refractivity contribution is 7.89. The van der Waals surface area contributed by atoms with Crippen LogP contribution >= 0.6 is 0 Å². The molecule has 4 heterocycles. The van der Waals surface area contributed by atoms with Gasteiger partial charge in [0.25, 0.3) is 0 Å². The van der Waals surface area contributed by atoms with Crippen LogP contribution in [-0.2, 0) is 15.8 Å². The zero-order chi connectivity index (χ0) is 30.8. The molecule has 1 fully saturated rings. The normalized spacial score (nSPS) is 15.1. The molecular formula is C30H33N7O6S. The lowest BCUT2D eigenvalue weighted by Gasteiger charge is -2.25. The molecule has 2 aromatic carbocycles. The lowest BCUT2D eigenvalue weighted by molar-refractivity contribution is 0.266. The van der Waals surface area contributed by atoms with Gasteiger partial charge >= 0.3 is 0 Å². The van der Waals surface area contributed by atoms with Crippen LogP contribution in [0.5, 0.6) is 17.2 Å². The number of methoxy groups -OCH3 is 3. The van der Waals surface area contributed by atoms with E-state index in [1.807, 2.05) is 23.1 Å². The van der Waals surface area contributed by atoms with Gasteiger partial charge in [-0.2, -0.15) is 4.98 Å². The molecule has 0 aliphatic carbocycles. The number of aliphatic hydroxyl groups excluding tert-OH is 1. The molecule has 230 valence electrons. The molecule has 1 saturated heterocycles. The van der Waals surface area contributed by atoms with Gasteiger partial charge in [-0.3, -0.25) is 0 Å². The molecule has 0 radical (unpaired) electrons. The molecule has 0 bridgehead atoms. The van der Waals surface area contributed by atoms with Gasteiger partial charge in [0.1, 0.15) is 11.8 Å². The first kappa shape index (κ1) is 29.3. The van der Waals surface area contributed by atoms with Crippen LogP contribution in [0, 0.1) is 0 Å². The summed E-state index contributed by atoms with van der Waals surface area (Å²) in [6, 6.07) is 14.1. The van der Waals surface area contributed by atoms with Crippen molar-refractivity contribution in [1.82, 2.24) is 23.5 Å². The predicted octanol–water partition coefficient (Wildman–Crippen LogP) is 3.73. The number of ether oxygens (including phenoxy) is 3. The molecular weight excluding hydrogens is 586 g/mol. The minimum atomic E-state index is -3.81. The second kappa shape index (κ2) is 12.1. The van der Waals surface area contributed by atoms with Crippen LogP contribution in [0.3, 0.4) is 0 Å². The molecule has 14 heteroatoms. The van der Waals surface area contributed by atoms with E-state index in [0.717, 1.165) is 18.5 Å². The summed E-state index contributed by atoms with van der Waals surface area (Å²) >= 11 is 0. The van der Waals surface area contributed by atoms with Crippen molar-refractivity contribution in [2.24, 2.45) is 0 Å². The lowest BCUT2D eigenvalue weighted by atomic mass is 10.2. The number of fused-ring (bicyclic) bond motifs is 1. The predicted molar refractivity (Wildman–Crippen MR) is 166 cm³/mol. The second-order valence-corrected chi connectivity index (χ2v) is 12.2. The molecule has 0 unspecified atom stereocenters. The molecule has 0 amide bonds. The SMILES string of the molecule is COc1cc(-n2cnc(Nc3nc(N4CCC[C@H]4CO)c4c(ccn4S(=O)(=O)Cc4ccccc4)n3)c2)cc(OC)c1OC. The van der Waals surface area contributed by atoms with E-state index in [-0.39, 0.29) is 24.3 Å². The molecule has 3 aromatic heterocycles. The summed E-state index contributed by atoms with van der Waals surface area (Å²) in [6.07, 6.45) is 6.50. The van der Waals surface area contributed by atoms with Gasteiger partial charge in [-0.25, -0.2) is 22.4 Å². The van der Waals surface area contributed by atoms with Crippen molar-refractivity contribution in [3.8, 4) is 22.9 Å². The Morgan fingerprint density at radius 1 is 1.02 bits per heavy atom. The molecule has 5 aromatic rings. The molecule has 1 aliphatic rings. The lowest BCUT2D eigenvalue weighted by Crippen LogP contribution is -2.33. The first-order valence-electron chi connectivity index (χ1n) is 14.0. The number of nitrogens with zero attached hydrogens (tertiary/aromatic N) is 6. The molecule has 13 nitrogen and oxygen atoms in total. The highest BCUT2D eigenvalue weighted by Crippen LogP contribution is 2.39. The van der Waals surface area contributed by atoms with Gasteiger partial charge in [0.05, 0.1) is 57.1 Å². The maximum Gasteiger partial charge on any atom is 0.243 e. The van der Waals surface area contributed by atoms with Crippen LogP contribution in [-0.4, -0.2) is 77.5 Å². The van der Waals surface area contributed by atoms with Crippen LogP contribution in [0.25, 0.3) is 16.7 Å². The fraction of sp³-hybridized carbons (Fsp3) is 0.300. The van der Waals surface area contributed by atoms with Gasteiger partial charge in [0.15, 0.2) is 23.1 Å². The van der Waals surface area contributed by atoms with Crippen molar-refractivity contribution in [1.29, 1.82) is 0 Å². The second-order valence-electron chi connectivity index (χ2n) is 10.3. The quantitative estimate of drug-likeness (QED) is 0.223. The van der Waals surface area contributed by atoms with Crippen LogP contribution in [0.1, 0.15) is 18.4 Å². The highest BCUT2D eigenvalue weighted by Gasteiger charge is 2.30. The van der Waals surface area contributed by atoms with Crippen LogP contribution in [0.15, 0.2) is 67.3 Å². The van der Waals surface area contributed by atoms with Crippen LogP contribution in [0.2, 0.25) is 0 Å². The maximum atomic E-state index is 13.6. The van der Waals surface area contributed by atoms with E-state index in [4.69, 9.17) is 19.2 Å². The summed E-state index contributed by atoms with van der Waals surface area (Å²) in [7, 11) is 0.838. The van der Waals surface area contributed by atoms with E-state index in [2.05, 4.69) is 15.3 Å². The van der Waals surface area contributed by atoms with E-state index in [9.17, 15) is 13.5 Å². The fourth-order valence-corrected chi connectivity index (χ4v) is 6.96. The first-order chi connectivity index (χ1) is 21.3. The van der Waals surface area contributed by atoms with Gasteiger partial charge in [-0.05, 0) is 24.5 Å². The first-order valence-corrected chi connectivity index (χ1v) is 15.6. The standard InChI is InChI=1S/C30H33N7O6S/c1-41-24-14-22(15-25(42-2)28(24)43-3)35-16-26(31-19-35)33-30-32-23-11-13-37(44(39,40)18-20-8-5-4-6-9-20)27(23)29(34-30)36-12-7-10-21(36)17-38/h4-6,8-9,11,13-16,19,21,38H,7,10,12,17-18H2,1-3H3,(H,32,33,34)/t21-/m0/s1. The fourth-order valence-electron chi connectivity index (χ4n) is 5.51. The van der Waals surface area contributed by atoms with E-state index < -0.39 is 10.0 Å². The number of imidazole rings is 1. The average Bonchev–Trinajstić information content (AvgIpc) is 3.80. The Hall–Kier alpha value is -4.82. The Kier molecular flexibility index (Phi) is 8.01. The molecule has 1 atom stereocenters. The third-order valence-corrected chi connectivity index (χ3v) is 9.20. The average molecular weight is 620 g/mol. The summed E-state index contributed by atoms with van der Waals surface area (Å²) in [5.41, 5.74) is 2.21. The minimum Gasteiger partial charge on any atom is -0.493 e. The van der Waals surface area contributed by atoms with E-state index in [1.165, 1.54) is 10.2 Å². The Balaban J connectivity index is 1.38. The molecule has 44 heavy (non-hydrogen) atoms. The van der Waals surface area contributed by atoms with Gasteiger partial charge in [0, 0.05) is 24.9 Å². The zero-order valence-electron chi connectivity index (χ0n) is 24.5. The monoisotopic (exact) mass is 619 g/mol. The molecule has 0 spiro atoms. The van der Waals surface area contributed by atoms with E-state index in [1.54, 1.807) is 68.8 Å². The summed E-state index contributed by atoms with van der Waals surface area (Å²) < 4.78 is 46.7. The Morgan fingerprint density at radius 2 is 1.77 bits per heavy atom. The third kappa shape index (κ3) is 5.49. The van der Waals surface area contributed by atoms with Gasteiger partial charge < -0.3 is 34.1 Å². The van der Waals surface area contributed by atoms with Gasteiger partial charge in [-0.1, -0.05) is 30.3 Å². The van der Waals surface area contributed by atoms with Gasteiger partial charge in [-0.15, -0.1) is 0 Å². The minimum absolute atomic E-state index is 0.0784. The summed E-state index contributed by atoms with van der Waals surface area (Å²) in [5, 5.41) is 13.3. The largest absolute Gasteiger partial charge is 0.493 e. The van der Waals surface area contributed by atoms with Crippen molar-refractivity contribution in [2.75, 3.05) is 44.7 Å². The van der Waals surface area contributed by atoms with Crippen molar-refractivity contribution in [3.05, 3.63) is 72.8 Å². The molecule has 1 aliphatic heterocycles. The number of aromatic nitrogens is 5. The van der Waals surface area contributed by atoms with Crippen LogP contribution < -0.4 is 24.4 Å². The number of hydrogen-bond acceptors (Lipinski definition) is 11. The Morgan fingerprint density at radius 3 is 2.45 bits per heavy atom. The number of anilines is 3. The number of rotatable bonds is 11. The highest BCUT2D eigenvalue weighted by atomic mass is 32.2. The van der Waals surface area contributed by atoms with Crippen molar-refractivity contribution in [2.45, 2.75) is 24.6 Å². The summed E-state index contributed by atoms with van der Waals surface area (Å²) in [5.74, 6) is 2.43. The van der Waals surface area contributed by atoms with Crippen molar-refractivity contribution in [3.63, 3.8) is 0 Å². The third-order valence-electron chi connectivity index (χ3n) is 7.60. The van der Waals surface area contributed by atoms with Crippen LogP contribution in [0.4, 0.5) is 17.6 Å². The summed E-state index contributed by atoms with van der Waals surface area (Å²) in [6.45, 7) is 0.543. The molecule has 0 saturated carbocycles. The Labute approximate surface area is 254 Å². The summed E-state index contributed by atoms with van der Waals surface area (Å²) in [4.78, 5) is 15.9. The number of nitrogens with one attached hydrogen (secondary N) is 1. The van der Waals surface area contributed by atoms with Gasteiger partial charge in [0.2, 0.25) is 21.7 Å². The topological polar surface area (TPSA) is 146 Å². The van der Waals surface area contributed by atoms with E-state index >= 15 is 0 Å². The smallest absolute Gasteiger partial charge is 0.243 e. The Bertz CT molecular complexity index is 1870. The number of benzene rings is 2. The maximum absolute atomic E-state index is 13.6. The molecule has 2 N–H and O–H groups in total. The molecule has 6 rings (SSSR count). The van der Waals surface area contributed by atoms with Crippen molar-refractivity contribution < 1.29 is 27.7 Å². The van der Waals surface area contributed by atoms with Crippen molar-refractivity contribution >= 4 is 38.6 Å². The zero-order valence-corrected chi connectivity index (χ0v) is 25.4. The van der Waals surface area contributed by atoms with E-state index in [0.29, 0.717) is 52.0 Å². The number of hydrogen-bond donors (Lipinski definition) is 2. The number of aliphatic hydroxyl groups is 1.